The molecule has 1 aliphatic rings. The van der Waals surface area contributed by atoms with Crippen molar-refractivity contribution in [2.45, 2.75) is 19.8 Å². The highest BCUT2D eigenvalue weighted by molar-refractivity contribution is 5.93. The van der Waals surface area contributed by atoms with Crippen molar-refractivity contribution in [3.05, 3.63) is 35.7 Å². The van der Waals surface area contributed by atoms with E-state index in [1.165, 1.54) is 0 Å². The molecule has 1 fully saturated rings. The number of likely N-dealkylation sites (tertiary alicyclic amines) is 1. The van der Waals surface area contributed by atoms with Gasteiger partial charge in [-0.3, -0.25) is 4.79 Å². The molecule has 0 spiro atoms. The average molecular weight is 342 g/mol. The number of nitrogens with zero attached hydrogens (tertiary/aromatic N) is 3. The number of methoxy groups -OCH3 is 2. The summed E-state index contributed by atoms with van der Waals surface area (Å²) < 4.78 is 10.6. The molecule has 0 unspecified atom stereocenters. The third kappa shape index (κ3) is 3.81. The first-order valence-electron chi connectivity index (χ1n) is 8.24. The Kier molecular flexibility index (Phi) is 5.02. The second kappa shape index (κ2) is 7.38. The van der Waals surface area contributed by atoms with Crippen LogP contribution in [0.2, 0.25) is 0 Å². The molecule has 1 saturated heterocycles. The van der Waals surface area contributed by atoms with Crippen molar-refractivity contribution >= 4 is 17.5 Å². The number of amides is 1. The Hall–Kier alpha value is -2.83. The molecule has 3 rings (SSSR count). The molecule has 0 atom stereocenters. The highest BCUT2D eigenvalue weighted by atomic mass is 16.5. The predicted octanol–water partition coefficient (Wildman–Crippen LogP) is 2.78. The van der Waals surface area contributed by atoms with E-state index in [1.54, 1.807) is 32.4 Å². The first-order valence-corrected chi connectivity index (χ1v) is 8.24. The van der Waals surface area contributed by atoms with Gasteiger partial charge in [-0.1, -0.05) is 0 Å². The highest BCUT2D eigenvalue weighted by Gasteiger charge is 2.21. The summed E-state index contributed by atoms with van der Waals surface area (Å²) in [5.74, 6) is 1.63. The summed E-state index contributed by atoms with van der Waals surface area (Å²) in [6.07, 6.45) is 2.09. The van der Waals surface area contributed by atoms with Crippen LogP contribution < -0.4 is 14.8 Å². The molecular weight excluding hydrogens is 320 g/mol. The van der Waals surface area contributed by atoms with Crippen LogP contribution in [-0.2, 0) is 0 Å². The molecule has 1 N–H and O–H groups in total. The largest absolute Gasteiger partial charge is 0.497 e. The molecule has 7 nitrogen and oxygen atoms in total. The van der Waals surface area contributed by atoms with Crippen molar-refractivity contribution < 1.29 is 14.3 Å². The number of anilines is 2. The normalized spacial score (nSPS) is 13.6. The van der Waals surface area contributed by atoms with Crippen LogP contribution in [0, 0.1) is 6.92 Å². The third-order valence-electron chi connectivity index (χ3n) is 4.12. The summed E-state index contributed by atoms with van der Waals surface area (Å²) in [6, 6.07) is 7.12. The standard InChI is InChI=1S/C18H22N4O3/c1-12-10-15(17(23)22-8-4-5-9-22)21-18(19-12)20-14-11-13(24-2)6-7-16(14)25-3/h6-7,10-11H,4-5,8-9H2,1-3H3,(H,19,20,21). The van der Waals surface area contributed by atoms with Gasteiger partial charge in [0.25, 0.3) is 5.91 Å². The zero-order valence-corrected chi connectivity index (χ0v) is 14.7. The number of rotatable bonds is 5. The number of nitrogens with one attached hydrogen (secondary N) is 1. The van der Waals surface area contributed by atoms with Crippen LogP contribution in [0.5, 0.6) is 11.5 Å². The minimum Gasteiger partial charge on any atom is -0.497 e. The Labute approximate surface area is 147 Å². The van der Waals surface area contributed by atoms with Gasteiger partial charge in [-0.2, -0.15) is 0 Å². The van der Waals surface area contributed by atoms with Gasteiger partial charge in [0, 0.05) is 24.8 Å². The fraction of sp³-hybridized carbons (Fsp3) is 0.389. The molecule has 25 heavy (non-hydrogen) atoms. The number of carbonyl (C=O) groups is 1. The van der Waals surface area contributed by atoms with Gasteiger partial charge in [-0.15, -0.1) is 0 Å². The topological polar surface area (TPSA) is 76.6 Å². The molecule has 0 radical (unpaired) electrons. The molecule has 1 amide bonds. The van der Waals surface area contributed by atoms with E-state index in [-0.39, 0.29) is 5.91 Å². The summed E-state index contributed by atoms with van der Waals surface area (Å²) in [7, 11) is 3.19. The van der Waals surface area contributed by atoms with E-state index in [0.29, 0.717) is 28.8 Å². The maximum Gasteiger partial charge on any atom is 0.272 e. The lowest BCUT2D eigenvalue weighted by Crippen LogP contribution is -2.28. The molecule has 7 heteroatoms. The third-order valence-corrected chi connectivity index (χ3v) is 4.12. The van der Waals surface area contributed by atoms with E-state index in [1.807, 2.05) is 17.9 Å². The second-order valence-electron chi connectivity index (χ2n) is 5.91. The van der Waals surface area contributed by atoms with E-state index >= 15 is 0 Å². The Balaban J connectivity index is 1.89. The number of benzene rings is 1. The van der Waals surface area contributed by atoms with Crippen LogP contribution in [0.4, 0.5) is 11.6 Å². The summed E-state index contributed by atoms with van der Waals surface area (Å²) in [6.45, 7) is 3.42. The van der Waals surface area contributed by atoms with Crippen molar-refractivity contribution in [1.29, 1.82) is 0 Å². The van der Waals surface area contributed by atoms with Gasteiger partial charge in [0.05, 0.1) is 19.9 Å². The van der Waals surface area contributed by atoms with Crippen molar-refractivity contribution in [3.63, 3.8) is 0 Å². The molecule has 1 aromatic heterocycles. The summed E-state index contributed by atoms with van der Waals surface area (Å²) >= 11 is 0. The van der Waals surface area contributed by atoms with E-state index in [2.05, 4.69) is 15.3 Å². The quantitative estimate of drug-likeness (QED) is 0.900. The van der Waals surface area contributed by atoms with Crippen molar-refractivity contribution in [2.75, 3.05) is 32.6 Å². The maximum atomic E-state index is 12.6. The lowest BCUT2D eigenvalue weighted by Gasteiger charge is -2.16. The van der Waals surface area contributed by atoms with Crippen LogP contribution in [0.1, 0.15) is 29.0 Å². The number of aryl methyl sites for hydroxylation is 1. The SMILES string of the molecule is COc1ccc(OC)c(Nc2nc(C)cc(C(=O)N3CCCC3)n2)c1. The molecule has 1 aromatic carbocycles. The number of hydrogen-bond donors (Lipinski definition) is 1. The van der Waals surface area contributed by atoms with Crippen LogP contribution in [-0.4, -0.2) is 48.1 Å². The fourth-order valence-electron chi connectivity index (χ4n) is 2.85. The minimum absolute atomic E-state index is 0.0522. The number of aromatic nitrogens is 2. The first kappa shape index (κ1) is 17.0. The van der Waals surface area contributed by atoms with Crippen molar-refractivity contribution in [2.24, 2.45) is 0 Å². The Bertz CT molecular complexity index is 773. The highest BCUT2D eigenvalue weighted by Crippen LogP contribution is 2.30. The van der Waals surface area contributed by atoms with Gasteiger partial charge < -0.3 is 19.7 Å². The van der Waals surface area contributed by atoms with Gasteiger partial charge in [0.15, 0.2) is 0 Å². The number of carbonyl (C=O) groups excluding carboxylic acids is 1. The van der Waals surface area contributed by atoms with Crippen LogP contribution >= 0.6 is 0 Å². The molecule has 1 aliphatic heterocycles. The van der Waals surface area contributed by atoms with Gasteiger partial charge in [0.2, 0.25) is 5.95 Å². The molecule has 0 aliphatic carbocycles. The van der Waals surface area contributed by atoms with E-state index < -0.39 is 0 Å². The monoisotopic (exact) mass is 342 g/mol. The van der Waals surface area contributed by atoms with E-state index in [9.17, 15) is 4.79 Å². The smallest absolute Gasteiger partial charge is 0.272 e. The molecule has 2 aromatic rings. The van der Waals surface area contributed by atoms with Crippen LogP contribution in [0.15, 0.2) is 24.3 Å². The van der Waals surface area contributed by atoms with Crippen molar-refractivity contribution in [1.82, 2.24) is 14.9 Å². The lowest BCUT2D eigenvalue weighted by molar-refractivity contribution is 0.0787. The zero-order chi connectivity index (χ0) is 17.8. The zero-order valence-electron chi connectivity index (χ0n) is 14.7. The number of ether oxygens (including phenoxy) is 2. The Morgan fingerprint density at radius 3 is 2.56 bits per heavy atom. The lowest BCUT2D eigenvalue weighted by atomic mass is 10.2. The van der Waals surface area contributed by atoms with E-state index in [0.717, 1.165) is 31.6 Å². The molecule has 132 valence electrons. The predicted molar refractivity (Wildman–Crippen MR) is 94.7 cm³/mol. The molecule has 0 saturated carbocycles. The van der Waals surface area contributed by atoms with Gasteiger partial charge in [0.1, 0.15) is 17.2 Å². The number of hydrogen-bond acceptors (Lipinski definition) is 6. The molecular formula is C18H22N4O3. The summed E-state index contributed by atoms with van der Waals surface area (Å²) in [5, 5.41) is 3.13. The molecule has 0 bridgehead atoms. The average Bonchev–Trinajstić information content (AvgIpc) is 3.15. The van der Waals surface area contributed by atoms with Crippen LogP contribution in [0.25, 0.3) is 0 Å². The van der Waals surface area contributed by atoms with E-state index in [4.69, 9.17) is 9.47 Å². The molecule has 2 heterocycles. The van der Waals surface area contributed by atoms with Crippen LogP contribution in [0.3, 0.4) is 0 Å². The van der Waals surface area contributed by atoms with Gasteiger partial charge in [-0.05, 0) is 38.0 Å². The van der Waals surface area contributed by atoms with Gasteiger partial charge >= 0.3 is 0 Å². The minimum atomic E-state index is -0.0522. The van der Waals surface area contributed by atoms with Gasteiger partial charge in [-0.25, -0.2) is 9.97 Å². The Morgan fingerprint density at radius 1 is 1.12 bits per heavy atom. The first-order chi connectivity index (χ1) is 12.1. The summed E-state index contributed by atoms with van der Waals surface area (Å²) in [4.78, 5) is 23.2. The van der Waals surface area contributed by atoms with Crippen molar-refractivity contribution in [3.8, 4) is 11.5 Å². The Morgan fingerprint density at radius 2 is 1.88 bits per heavy atom. The second-order valence-corrected chi connectivity index (χ2v) is 5.91. The fourth-order valence-corrected chi connectivity index (χ4v) is 2.85. The summed E-state index contributed by atoms with van der Waals surface area (Å²) in [5.41, 5.74) is 1.80. The maximum absolute atomic E-state index is 12.6.